The van der Waals surface area contributed by atoms with Gasteiger partial charge in [0.05, 0.1) is 34.9 Å². The van der Waals surface area contributed by atoms with Crippen molar-refractivity contribution in [3.63, 3.8) is 0 Å². The van der Waals surface area contributed by atoms with Crippen LogP contribution < -0.4 is 10.1 Å². The number of benzene rings is 2. The number of fused-ring (bicyclic) bond motifs is 1. The van der Waals surface area contributed by atoms with Gasteiger partial charge in [0.1, 0.15) is 11.8 Å². The molecule has 2 aromatic carbocycles. The maximum Gasteiger partial charge on any atom is 0.329 e. The lowest BCUT2D eigenvalue weighted by Crippen LogP contribution is -2.46. The third-order valence-corrected chi connectivity index (χ3v) is 5.12. The van der Waals surface area contributed by atoms with E-state index in [0.717, 1.165) is 11.0 Å². The minimum absolute atomic E-state index is 0.0533. The zero-order valence-electron chi connectivity index (χ0n) is 18.8. The standard InChI is InChI=1S/C23H23N3O8/c1-13(2)10-18(25-21(28)15-6-4-5-7-16(15)22(25)29)23(30)34-12-20(27)24-17-9-8-14(26(31)32)11-19(17)33-3/h4-9,11,13,18H,10,12H2,1-3H3,(H,24,27)/t18-/m0/s1. The van der Waals surface area contributed by atoms with Gasteiger partial charge < -0.3 is 14.8 Å². The number of rotatable bonds is 9. The molecule has 0 spiro atoms. The highest BCUT2D eigenvalue weighted by Gasteiger charge is 2.43. The number of amides is 3. The summed E-state index contributed by atoms with van der Waals surface area (Å²) in [5.74, 6) is -2.82. The van der Waals surface area contributed by atoms with Gasteiger partial charge in [-0.25, -0.2) is 4.79 Å². The molecule has 1 aliphatic heterocycles. The van der Waals surface area contributed by atoms with Crippen molar-refractivity contribution < 1.29 is 33.6 Å². The molecule has 1 heterocycles. The number of nitrogens with zero attached hydrogens (tertiary/aromatic N) is 2. The van der Waals surface area contributed by atoms with Gasteiger partial charge in [0.15, 0.2) is 6.61 Å². The number of non-ortho nitro benzene ring substituents is 1. The number of hydrogen-bond donors (Lipinski definition) is 1. The zero-order valence-corrected chi connectivity index (χ0v) is 18.8. The first kappa shape index (κ1) is 24.4. The van der Waals surface area contributed by atoms with Crippen LogP contribution in [0.4, 0.5) is 11.4 Å². The van der Waals surface area contributed by atoms with E-state index in [1.807, 2.05) is 13.8 Å². The summed E-state index contributed by atoms with van der Waals surface area (Å²) in [6, 6.07) is 8.69. The smallest absolute Gasteiger partial charge is 0.329 e. The number of nitro groups is 1. The Morgan fingerprint density at radius 3 is 2.24 bits per heavy atom. The van der Waals surface area contributed by atoms with Crippen molar-refractivity contribution in [2.24, 2.45) is 5.92 Å². The Morgan fingerprint density at radius 2 is 1.71 bits per heavy atom. The first-order chi connectivity index (χ1) is 16.1. The molecule has 11 nitrogen and oxygen atoms in total. The number of nitro benzene ring substituents is 1. The fourth-order valence-corrected chi connectivity index (χ4v) is 3.56. The molecule has 0 saturated heterocycles. The van der Waals surface area contributed by atoms with Crippen LogP contribution in [0.25, 0.3) is 0 Å². The summed E-state index contributed by atoms with van der Waals surface area (Å²) in [7, 11) is 1.29. The van der Waals surface area contributed by atoms with Gasteiger partial charge >= 0.3 is 5.97 Å². The van der Waals surface area contributed by atoms with Crippen molar-refractivity contribution in [3.05, 3.63) is 63.7 Å². The topological polar surface area (TPSA) is 145 Å². The summed E-state index contributed by atoms with van der Waals surface area (Å²) in [5.41, 5.74) is 0.334. The number of carbonyl (C=O) groups is 4. The Labute approximate surface area is 194 Å². The van der Waals surface area contributed by atoms with Crippen molar-refractivity contribution in [1.29, 1.82) is 0 Å². The molecule has 0 saturated carbocycles. The van der Waals surface area contributed by atoms with Crippen molar-refractivity contribution in [3.8, 4) is 5.75 Å². The number of nitrogens with one attached hydrogen (secondary N) is 1. The monoisotopic (exact) mass is 469 g/mol. The zero-order chi connectivity index (χ0) is 25.0. The predicted molar refractivity (Wildman–Crippen MR) is 119 cm³/mol. The van der Waals surface area contributed by atoms with Crippen LogP contribution in [0.3, 0.4) is 0 Å². The molecule has 0 unspecified atom stereocenters. The Kier molecular flexibility index (Phi) is 7.24. The molecule has 0 bridgehead atoms. The van der Waals surface area contributed by atoms with Gasteiger partial charge in [-0.3, -0.25) is 29.4 Å². The lowest BCUT2D eigenvalue weighted by atomic mass is 10.0. The van der Waals surface area contributed by atoms with Gasteiger partial charge in [-0.15, -0.1) is 0 Å². The number of carbonyl (C=O) groups excluding carboxylic acids is 4. The number of hydrogen-bond acceptors (Lipinski definition) is 8. The van der Waals surface area contributed by atoms with Gasteiger partial charge in [0.2, 0.25) is 0 Å². The minimum atomic E-state index is -1.20. The van der Waals surface area contributed by atoms with E-state index in [4.69, 9.17) is 9.47 Å². The summed E-state index contributed by atoms with van der Waals surface area (Å²) in [5, 5.41) is 13.4. The van der Waals surface area contributed by atoms with Gasteiger partial charge in [-0.2, -0.15) is 0 Å². The van der Waals surface area contributed by atoms with E-state index in [2.05, 4.69) is 5.32 Å². The average Bonchev–Trinajstić information content (AvgIpc) is 3.06. The van der Waals surface area contributed by atoms with Crippen LogP contribution in [0.15, 0.2) is 42.5 Å². The van der Waals surface area contributed by atoms with Crippen LogP contribution in [-0.2, 0) is 14.3 Å². The normalized spacial score (nSPS) is 13.5. The van der Waals surface area contributed by atoms with Crippen molar-refractivity contribution >= 4 is 35.1 Å². The predicted octanol–water partition coefficient (Wildman–Crippen LogP) is 2.80. The molecular formula is C23H23N3O8. The van der Waals surface area contributed by atoms with E-state index in [9.17, 15) is 29.3 Å². The second-order valence-corrected chi connectivity index (χ2v) is 7.97. The quantitative estimate of drug-likeness (QED) is 0.255. The molecule has 0 fully saturated rings. The Hall–Kier alpha value is -4.28. The van der Waals surface area contributed by atoms with Gasteiger partial charge in [0, 0.05) is 6.07 Å². The van der Waals surface area contributed by atoms with Crippen LogP contribution >= 0.6 is 0 Å². The van der Waals surface area contributed by atoms with E-state index >= 15 is 0 Å². The molecule has 0 aliphatic carbocycles. The number of anilines is 1. The first-order valence-electron chi connectivity index (χ1n) is 10.4. The van der Waals surface area contributed by atoms with E-state index in [1.54, 1.807) is 12.1 Å². The molecular weight excluding hydrogens is 446 g/mol. The van der Waals surface area contributed by atoms with Crippen molar-refractivity contribution in [2.45, 2.75) is 26.3 Å². The molecule has 0 radical (unpaired) electrons. The van der Waals surface area contributed by atoms with Crippen LogP contribution in [0, 0.1) is 16.0 Å². The highest BCUT2D eigenvalue weighted by Crippen LogP contribution is 2.29. The lowest BCUT2D eigenvalue weighted by Gasteiger charge is -2.25. The second-order valence-electron chi connectivity index (χ2n) is 7.97. The maximum absolute atomic E-state index is 12.9. The van der Waals surface area contributed by atoms with Gasteiger partial charge in [-0.1, -0.05) is 26.0 Å². The molecule has 11 heteroatoms. The SMILES string of the molecule is COc1cc([N+](=O)[O-])ccc1NC(=O)COC(=O)[C@H](CC(C)C)N1C(=O)c2ccccc2C1=O. The maximum atomic E-state index is 12.9. The van der Waals surface area contributed by atoms with Crippen molar-refractivity contribution in [1.82, 2.24) is 4.90 Å². The van der Waals surface area contributed by atoms with Crippen LogP contribution in [0.1, 0.15) is 41.0 Å². The fraction of sp³-hybridized carbons (Fsp3) is 0.304. The van der Waals surface area contributed by atoms with E-state index in [1.165, 1.54) is 31.4 Å². The molecule has 1 aliphatic rings. The molecule has 1 N–H and O–H groups in total. The lowest BCUT2D eigenvalue weighted by molar-refractivity contribution is -0.384. The van der Waals surface area contributed by atoms with E-state index in [-0.39, 0.29) is 40.6 Å². The number of imide groups is 1. The molecule has 3 amide bonds. The Bertz CT molecular complexity index is 1130. The van der Waals surface area contributed by atoms with Gasteiger partial charge in [0.25, 0.3) is 23.4 Å². The summed E-state index contributed by atoms with van der Waals surface area (Å²) < 4.78 is 10.2. The fourth-order valence-electron chi connectivity index (χ4n) is 3.56. The number of ether oxygens (including phenoxy) is 2. The largest absolute Gasteiger partial charge is 0.494 e. The minimum Gasteiger partial charge on any atom is -0.494 e. The highest BCUT2D eigenvalue weighted by atomic mass is 16.6. The summed E-state index contributed by atoms with van der Waals surface area (Å²) in [4.78, 5) is 62.0. The third-order valence-electron chi connectivity index (χ3n) is 5.12. The Morgan fingerprint density at radius 1 is 1.09 bits per heavy atom. The first-order valence-corrected chi connectivity index (χ1v) is 10.4. The summed E-state index contributed by atoms with van der Waals surface area (Å²) in [6.45, 7) is 2.95. The number of esters is 1. The molecule has 178 valence electrons. The van der Waals surface area contributed by atoms with Crippen molar-refractivity contribution in [2.75, 3.05) is 19.0 Å². The van der Waals surface area contributed by atoms with Crippen LogP contribution in [-0.4, -0.2) is 53.3 Å². The molecule has 34 heavy (non-hydrogen) atoms. The molecule has 0 aromatic heterocycles. The molecule has 1 atom stereocenters. The van der Waals surface area contributed by atoms with Crippen LogP contribution in [0.2, 0.25) is 0 Å². The van der Waals surface area contributed by atoms with E-state index < -0.39 is 41.3 Å². The second kappa shape index (κ2) is 10.1. The Balaban J connectivity index is 1.70. The average molecular weight is 469 g/mol. The molecule has 2 aromatic rings. The number of methoxy groups -OCH3 is 1. The van der Waals surface area contributed by atoms with Crippen LogP contribution in [0.5, 0.6) is 5.75 Å². The third kappa shape index (κ3) is 5.03. The summed E-state index contributed by atoms with van der Waals surface area (Å²) >= 11 is 0. The van der Waals surface area contributed by atoms with Gasteiger partial charge in [-0.05, 0) is 30.5 Å². The van der Waals surface area contributed by atoms with E-state index in [0.29, 0.717) is 0 Å². The molecule has 3 rings (SSSR count). The summed E-state index contributed by atoms with van der Waals surface area (Å²) in [6.07, 6.45) is 0.155. The highest BCUT2D eigenvalue weighted by molar-refractivity contribution is 6.22.